The van der Waals surface area contributed by atoms with E-state index in [1.165, 1.54) is 38.5 Å². The summed E-state index contributed by atoms with van der Waals surface area (Å²) in [6.45, 7) is 0.0188. The fourth-order valence-corrected chi connectivity index (χ4v) is 4.81. The van der Waals surface area contributed by atoms with Crippen molar-refractivity contribution in [1.29, 1.82) is 0 Å². The number of esters is 1. The van der Waals surface area contributed by atoms with Crippen LogP contribution >= 0.6 is 0 Å². The predicted octanol–water partition coefficient (Wildman–Crippen LogP) is 4.42. The van der Waals surface area contributed by atoms with Crippen molar-refractivity contribution in [3.8, 4) is 0 Å². The third-order valence-corrected chi connectivity index (χ3v) is 6.58. The first-order chi connectivity index (χ1) is 12.4. The van der Waals surface area contributed by atoms with Crippen molar-refractivity contribution in [3.05, 3.63) is 0 Å². The third-order valence-electron chi connectivity index (χ3n) is 5.64. The largest absolute Gasteiger partial charge is 0.466 e. The van der Waals surface area contributed by atoms with Gasteiger partial charge in [-0.05, 0) is 49.9 Å². The Bertz CT molecular complexity index is 611. The lowest BCUT2D eigenvalue weighted by Crippen LogP contribution is -2.47. The highest BCUT2D eigenvalue weighted by molar-refractivity contribution is 7.87. The highest BCUT2D eigenvalue weighted by atomic mass is 32.2. The predicted molar refractivity (Wildman–Crippen MR) is 89.0 cm³/mol. The Morgan fingerprint density at radius 1 is 1.07 bits per heavy atom. The van der Waals surface area contributed by atoms with Crippen LogP contribution in [0.1, 0.15) is 64.2 Å². The van der Waals surface area contributed by atoms with Crippen LogP contribution < -0.4 is 0 Å². The lowest BCUT2D eigenvalue weighted by Gasteiger charge is -2.39. The van der Waals surface area contributed by atoms with Gasteiger partial charge >= 0.3 is 27.3 Å². The minimum atomic E-state index is -6.28. The highest BCUT2D eigenvalue weighted by Gasteiger charge is 2.65. The zero-order chi connectivity index (χ0) is 20.3. The van der Waals surface area contributed by atoms with E-state index in [1.54, 1.807) is 0 Å². The van der Waals surface area contributed by atoms with E-state index in [0.717, 1.165) is 18.3 Å². The standard InChI is InChI=1S/C17H26F4O5S/c18-16(19,17(20,21)27(23,24)25)7-6-15(22)26-8-2-5-14-10-12-3-1-4-13(9-12)11-14/h12-14H,1-11H2,(H,23,24,25). The van der Waals surface area contributed by atoms with E-state index in [1.807, 2.05) is 0 Å². The maximum absolute atomic E-state index is 13.3. The van der Waals surface area contributed by atoms with Crippen LogP contribution in [0.15, 0.2) is 0 Å². The van der Waals surface area contributed by atoms with Crippen LogP contribution in [0.25, 0.3) is 0 Å². The van der Waals surface area contributed by atoms with Crippen molar-refractivity contribution >= 4 is 16.1 Å². The normalized spacial score (nSPS) is 26.6. The second-order valence-electron chi connectivity index (χ2n) is 7.80. The monoisotopic (exact) mass is 418 g/mol. The van der Waals surface area contributed by atoms with Gasteiger partial charge in [-0.1, -0.05) is 19.3 Å². The second kappa shape index (κ2) is 8.63. The van der Waals surface area contributed by atoms with Gasteiger partial charge in [-0.15, -0.1) is 0 Å². The lowest BCUT2D eigenvalue weighted by atomic mass is 9.67. The molecule has 0 radical (unpaired) electrons. The van der Waals surface area contributed by atoms with Crippen molar-refractivity contribution in [1.82, 2.24) is 0 Å². The van der Waals surface area contributed by atoms with E-state index in [2.05, 4.69) is 0 Å². The van der Waals surface area contributed by atoms with Crippen molar-refractivity contribution in [2.75, 3.05) is 6.61 Å². The van der Waals surface area contributed by atoms with Gasteiger partial charge in [-0.25, -0.2) is 0 Å². The van der Waals surface area contributed by atoms with Gasteiger partial charge in [0.1, 0.15) is 0 Å². The molecular formula is C17H26F4O5S. The quantitative estimate of drug-likeness (QED) is 0.259. The molecule has 2 unspecified atom stereocenters. The van der Waals surface area contributed by atoms with E-state index in [0.29, 0.717) is 12.3 Å². The molecule has 2 bridgehead atoms. The number of hydrogen-bond acceptors (Lipinski definition) is 4. The molecule has 0 aromatic rings. The molecule has 2 atom stereocenters. The number of hydrogen-bond donors (Lipinski definition) is 1. The molecule has 0 aromatic carbocycles. The average molecular weight is 418 g/mol. The van der Waals surface area contributed by atoms with Gasteiger partial charge in [0, 0.05) is 6.42 Å². The summed E-state index contributed by atoms with van der Waals surface area (Å²) < 4.78 is 86.5. The summed E-state index contributed by atoms with van der Waals surface area (Å²) in [6.07, 6.45) is 6.12. The topological polar surface area (TPSA) is 80.7 Å². The number of alkyl halides is 4. The molecule has 0 saturated heterocycles. The Balaban J connectivity index is 1.66. The summed E-state index contributed by atoms with van der Waals surface area (Å²) in [4.78, 5) is 11.5. The molecule has 2 rings (SSSR count). The fraction of sp³-hybridized carbons (Fsp3) is 0.941. The Hall–Kier alpha value is -0.900. The SMILES string of the molecule is O=C(CCC(F)(F)C(F)(F)S(=O)(=O)O)OCCCC1CC2CCCC(C1)C2. The molecule has 0 aromatic heterocycles. The molecule has 0 heterocycles. The van der Waals surface area contributed by atoms with Crippen LogP contribution in [-0.2, 0) is 19.6 Å². The zero-order valence-corrected chi connectivity index (χ0v) is 15.8. The van der Waals surface area contributed by atoms with Gasteiger partial charge in [0.05, 0.1) is 13.0 Å². The average Bonchev–Trinajstić information content (AvgIpc) is 2.55. The van der Waals surface area contributed by atoms with Gasteiger partial charge in [0.25, 0.3) is 0 Å². The molecule has 2 aliphatic carbocycles. The molecule has 10 heteroatoms. The molecule has 2 saturated carbocycles. The Morgan fingerprint density at radius 2 is 1.67 bits per heavy atom. The van der Waals surface area contributed by atoms with E-state index >= 15 is 0 Å². The molecule has 0 amide bonds. The van der Waals surface area contributed by atoms with Crippen LogP contribution in [0, 0.1) is 17.8 Å². The molecule has 0 aliphatic heterocycles. The summed E-state index contributed by atoms with van der Waals surface area (Å²) in [6, 6.07) is 0. The molecule has 0 spiro atoms. The van der Waals surface area contributed by atoms with E-state index < -0.39 is 40.1 Å². The molecular weight excluding hydrogens is 392 g/mol. The summed E-state index contributed by atoms with van der Waals surface area (Å²) in [7, 11) is -6.28. The maximum Gasteiger partial charge on any atom is 0.431 e. The maximum atomic E-state index is 13.3. The van der Waals surface area contributed by atoms with Crippen LogP contribution in [0.4, 0.5) is 17.6 Å². The molecule has 27 heavy (non-hydrogen) atoms. The summed E-state index contributed by atoms with van der Waals surface area (Å²) in [5.74, 6) is -4.04. The fourth-order valence-electron chi connectivity index (χ4n) is 4.33. The second-order valence-corrected chi connectivity index (χ2v) is 9.26. The minimum absolute atomic E-state index is 0.0188. The Morgan fingerprint density at radius 3 is 2.22 bits per heavy atom. The van der Waals surface area contributed by atoms with Crippen LogP contribution in [0.5, 0.6) is 0 Å². The molecule has 1 N–H and O–H groups in total. The van der Waals surface area contributed by atoms with E-state index in [-0.39, 0.29) is 6.61 Å². The minimum Gasteiger partial charge on any atom is -0.466 e. The first-order valence-electron chi connectivity index (χ1n) is 9.30. The lowest BCUT2D eigenvalue weighted by molar-refractivity contribution is -0.171. The van der Waals surface area contributed by atoms with Crippen molar-refractivity contribution in [2.45, 2.75) is 75.4 Å². The molecule has 2 aliphatic rings. The number of ether oxygens (including phenoxy) is 1. The van der Waals surface area contributed by atoms with Gasteiger partial charge < -0.3 is 4.74 Å². The number of halogens is 4. The molecule has 2 fully saturated rings. The van der Waals surface area contributed by atoms with Gasteiger partial charge in [-0.2, -0.15) is 26.0 Å². The van der Waals surface area contributed by atoms with Crippen molar-refractivity contribution in [2.24, 2.45) is 17.8 Å². The first kappa shape index (κ1) is 22.4. The van der Waals surface area contributed by atoms with Gasteiger partial charge in [-0.3, -0.25) is 9.35 Å². The summed E-state index contributed by atoms with van der Waals surface area (Å²) in [5.41, 5.74) is 0. The Kier molecular flexibility index (Phi) is 7.16. The highest BCUT2D eigenvalue weighted by Crippen LogP contribution is 2.44. The van der Waals surface area contributed by atoms with Crippen LogP contribution in [0.2, 0.25) is 0 Å². The third kappa shape index (κ3) is 5.79. The summed E-state index contributed by atoms with van der Waals surface area (Å²) in [5, 5.41) is -5.65. The molecule has 5 nitrogen and oxygen atoms in total. The van der Waals surface area contributed by atoms with Gasteiger partial charge in [0.2, 0.25) is 0 Å². The van der Waals surface area contributed by atoms with Crippen molar-refractivity contribution < 1.29 is 40.1 Å². The number of carbonyl (C=O) groups is 1. The van der Waals surface area contributed by atoms with E-state index in [9.17, 15) is 30.8 Å². The first-order valence-corrected chi connectivity index (χ1v) is 10.7. The molecule has 158 valence electrons. The van der Waals surface area contributed by atoms with Crippen LogP contribution in [0.3, 0.4) is 0 Å². The summed E-state index contributed by atoms with van der Waals surface area (Å²) >= 11 is 0. The zero-order valence-electron chi connectivity index (χ0n) is 15.0. The van der Waals surface area contributed by atoms with Gasteiger partial charge in [0.15, 0.2) is 0 Å². The van der Waals surface area contributed by atoms with Crippen molar-refractivity contribution in [3.63, 3.8) is 0 Å². The number of fused-ring (bicyclic) bond motifs is 2. The number of carbonyl (C=O) groups excluding carboxylic acids is 1. The Labute approximate surface area is 156 Å². The number of rotatable bonds is 9. The smallest absolute Gasteiger partial charge is 0.431 e. The van der Waals surface area contributed by atoms with Crippen LogP contribution in [-0.4, -0.2) is 36.7 Å². The van der Waals surface area contributed by atoms with E-state index in [4.69, 9.17) is 9.29 Å².